The predicted molar refractivity (Wildman–Crippen MR) is 97.0 cm³/mol. The van der Waals surface area contributed by atoms with Gasteiger partial charge in [0.2, 0.25) is 0 Å². The Kier molecular flexibility index (Phi) is 4.94. The molecular formula is C20H23N3O. The largest absolute Gasteiger partial charge is 0.342 e. The number of para-hydroxylation sites is 2. The fraction of sp³-hybridized carbons (Fsp3) is 0.300. The van der Waals surface area contributed by atoms with Gasteiger partial charge in [0, 0.05) is 12.1 Å². The lowest BCUT2D eigenvalue weighted by Gasteiger charge is -2.16. The van der Waals surface area contributed by atoms with Crippen molar-refractivity contribution in [1.82, 2.24) is 14.9 Å². The van der Waals surface area contributed by atoms with Crippen LogP contribution in [0.25, 0.3) is 11.0 Å². The third kappa shape index (κ3) is 3.32. The zero-order chi connectivity index (χ0) is 16.9. The van der Waals surface area contributed by atoms with Gasteiger partial charge in [-0.05, 0) is 37.6 Å². The van der Waals surface area contributed by atoms with E-state index in [1.165, 1.54) is 0 Å². The SMILES string of the molecule is CCCCn1c([C@H](C)NC(=O)c2ccccc2)nc2ccccc21. The Bertz CT molecular complexity index is 823. The summed E-state index contributed by atoms with van der Waals surface area (Å²) >= 11 is 0. The predicted octanol–water partition coefficient (Wildman–Crippen LogP) is 4.33. The molecule has 0 fully saturated rings. The average molecular weight is 321 g/mol. The van der Waals surface area contributed by atoms with Crippen LogP contribution >= 0.6 is 0 Å². The number of hydrogen-bond acceptors (Lipinski definition) is 2. The van der Waals surface area contributed by atoms with Gasteiger partial charge in [0.25, 0.3) is 5.91 Å². The number of hydrogen-bond donors (Lipinski definition) is 1. The molecule has 0 saturated heterocycles. The molecule has 4 nitrogen and oxygen atoms in total. The molecule has 0 aliphatic rings. The summed E-state index contributed by atoms with van der Waals surface area (Å²) in [5.74, 6) is 0.839. The fourth-order valence-electron chi connectivity index (χ4n) is 2.91. The maximum absolute atomic E-state index is 12.4. The van der Waals surface area contributed by atoms with Gasteiger partial charge >= 0.3 is 0 Å². The highest BCUT2D eigenvalue weighted by Crippen LogP contribution is 2.22. The van der Waals surface area contributed by atoms with Crippen LogP contribution in [0.2, 0.25) is 0 Å². The van der Waals surface area contributed by atoms with Crippen molar-refractivity contribution in [2.75, 3.05) is 0 Å². The molecule has 24 heavy (non-hydrogen) atoms. The second-order valence-corrected chi connectivity index (χ2v) is 6.03. The number of fused-ring (bicyclic) bond motifs is 1. The van der Waals surface area contributed by atoms with Crippen LogP contribution in [0.15, 0.2) is 54.6 Å². The average Bonchev–Trinajstić information content (AvgIpc) is 2.99. The number of aryl methyl sites for hydroxylation is 1. The number of rotatable bonds is 6. The monoisotopic (exact) mass is 321 g/mol. The molecular weight excluding hydrogens is 298 g/mol. The Morgan fingerprint density at radius 2 is 1.83 bits per heavy atom. The number of nitrogens with zero attached hydrogens (tertiary/aromatic N) is 2. The molecule has 3 rings (SSSR count). The Hall–Kier alpha value is -2.62. The summed E-state index contributed by atoms with van der Waals surface area (Å²) in [6.45, 7) is 5.09. The van der Waals surface area contributed by atoms with Gasteiger partial charge < -0.3 is 9.88 Å². The second kappa shape index (κ2) is 7.30. The lowest BCUT2D eigenvalue weighted by molar-refractivity contribution is 0.0937. The van der Waals surface area contributed by atoms with Gasteiger partial charge in [-0.25, -0.2) is 4.98 Å². The molecule has 0 bridgehead atoms. The second-order valence-electron chi connectivity index (χ2n) is 6.03. The van der Waals surface area contributed by atoms with E-state index in [1.54, 1.807) is 0 Å². The van der Waals surface area contributed by atoms with E-state index in [0.29, 0.717) is 5.56 Å². The van der Waals surface area contributed by atoms with Crippen LogP contribution in [0.4, 0.5) is 0 Å². The van der Waals surface area contributed by atoms with Crippen LogP contribution in [0.5, 0.6) is 0 Å². The van der Waals surface area contributed by atoms with E-state index in [0.717, 1.165) is 36.2 Å². The molecule has 1 atom stereocenters. The first-order chi connectivity index (χ1) is 11.7. The van der Waals surface area contributed by atoms with Crippen molar-refractivity contribution in [3.05, 3.63) is 66.0 Å². The van der Waals surface area contributed by atoms with Gasteiger partial charge in [0.15, 0.2) is 0 Å². The topological polar surface area (TPSA) is 46.9 Å². The van der Waals surface area contributed by atoms with Crippen molar-refractivity contribution in [2.45, 2.75) is 39.3 Å². The van der Waals surface area contributed by atoms with Gasteiger partial charge in [-0.1, -0.05) is 43.7 Å². The maximum atomic E-state index is 12.4. The Morgan fingerprint density at radius 1 is 1.12 bits per heavy atom. The zero-order valence-corrected chi connectivity index (χ0v) is 14.2. The van der Waals surface area contributed by atoms with Crippen molar-refractivity contribution in [1.29, 1.82) is 0 Å². The van der Waals surface area contributed by atoms with Crippen molar-refractivity contribution >= 4 is 16.9 Å². The van der Waals surface area contributed by atoms with Gasteiger partial charge in [-0.2, -0.15) is 0 Å². The lowest BCUT2D eigenvalue weighted by Crippen LogP contribution is -2.28. The van der Waals surface area contributed by atoms with Gasteiger partial charge in [-0.15, -0.1) is 0 Å². The number of nitrogens with one attached hydrogen (secondary N) is 1. The zero-order valence-electron chi connectivity index (χ0n) is 14.2. The molecule has 1 heterocycles. The van der Waals surface area contributed by atoms with E-state index in [4.69, 9.17) is 4.98 Å². The van der Waals surface area contributed by atoms with Crippen molar-refractivity contribution in [3.63, 3.8) is 0 Å². The summed E-state index contributed by atoms with van der Waals surface area (Å²) in [6.07, 6.45) is 2.21. The Balaban J connectivity index is 1.88. The van der Waals surface area contributed by atoms with Crippen molar-refractivity contribution in [3.8, 4) is 0 Å². The van der Waals surface area contributed by atoms with Crippen LogP contribution in [0.3, 0.4) is 0 Å². The fourth-order valence-corrected chi connectivity index (χ4v) is 2.91. The summed E-state index contributed by atoms with van der Waals surface area (Å²) in [7, 11) is 0. The minimum absolute atomic E-state index is 0.0720. The molecule has 1 aromatic heterocycles. The highest BCUT2D eigenvalue weighted by atomic mass is 16.1. The van der Waals surface area contributed by atoms with Gasteiger partial charge in [-0.3, -0.25) is 4.79 Å². The van der Waals surface area contributed by atoms with Crippen LogP contribution in [-0.2, 0) is 6.54 Å². The molecule has 0 aliphatic carbocycles. The highest BCUT2D eigenvalue weighted by molar-refractivity contribution is 5.94. The van der Waals surface area contributed by atoms with Crippen LogP contribution < -0.4 is 5.32 Å². The molecule has 0 spiro atoms. The number of carbonyl (C=O) groups is 1. The van der Waals surface area contributed by atoms with E-state index in [1.807, 2.05) is 55.5 Å². The molecule has 124 valence electrons. The molecule has 0 unspecified atom stereocenters. The molecule has 0 radical (unpaired) electrons. The quantitative estimate of drug-likeness (QED) is 0.734. The summed E-state index contributed by atoms with van der Waals surface area (Å²) < 4.78 is 2.23. The lowest BCUT2D eigenvalue weighted by atomic mass is 10.2. The van der Waals surface area contributed by atoms with Crippen LogP contribution in [0, 0.1) is 0 Å². The molecule has 1 N–H and O–H groups in total. The minimum atomic E-state index is -0.151. The summed E-state index contributed by atoms with van der Waals surface area (Å²) in [6, 6.07) is 17.3. The smallest absolute Gasteiger partial charge is 0.251 e. The molecule has 4 heteroatoms. The summed E-state index contributed by atoms with van der Waals surface area (Å²) in [5.41, 5.74) is 2.77. The number of aromatic nitrogens is 2. The summed E-state index contributed by atoms with van der Waals surface area (Å²) in [4.78, 5) is 17.2. The van der Waals surface area contributed by atoms with Gasteiger partial charge in [0.1, 0.15) is 5.82 Å². The molecule has 0 saturated carbocycles. The molecule has 0 aliphatic heterocycles. The van der Waals surface area contributed by atoms with Crippen LogP contribution in [-0.4, -0.2) is 15.5 Å². The highest BCUT2D eigenvalue weighted by Gasteiger charge is 2.18. The first kappa shape index (κ1) is 16.2. The third-order valence-corrected chi connectivity index (χ3v) is 4.19. The number of amides is 1. The Labute approximate surface area is 142 Å². The van der Waals surface area contributed by atoms with Gasteiger partial charge in [0.05, 0.1) is 17.1 Å². The minimum Gasteiger partial charge on any atom is -0.342 e. The Morgan fingerprint density at radius 3 is 2.58 bits per heavy atom. The molecule has 2 aromatic carbocycles. The number of imidazole rings is 1. The number of benzene rings is 2. The normalized spacial score (nSPS) is 12.2. The van der Waals surface area contributed by atoms with Crippen molar-refractivity contribution < 1.29 is 4.79 Å². The van der Waals surface area contributed by atoms with E-state index >= 15 is 0 Å². The number of unbranched alkanes of at least 4 members (excludes halogenated alkanes) is 1. The van der Waals surface area contributed by atoms with E-state index in [-0.39, 0.29) is 11.9 Å². The first-order valence-corrected chi connectivity index (χ1v) is 8.51. The standard InChI is InChI=1S/C20H23N3O/c1-3-4-14-23-18-13-9-8-12-17(18)22-19(23)15(2)21-20(24)16-10-6-5-7-11-16/h5-13,15H,3-4,14H2,1-2H3,(H,21,24)/t15-/m0/s1. The first-order valence-electron chi connectivity index (χ1n) is 8.51. The maximum Gasteiger partial charge on any atom is 0.251 e. The van der Waals surface area contributed by atoms with E-state index < -0.39 is 0 Å². The van der Waals surface area contributed by atoms with Crippen LogP contribution in [0.1, 0.15) is 48.9 Å². The van der Waals surface area contributed by atoms with E-state index in [9.17, 15) is 4.79 Å². The third-order valence-electron chi connectivity index (χ3n) is 4.19. The van der Waals surface area contributed by atoms with E-state index in [2.05, 4.69) is 22.9 Å². The summed E-state index contributed by atoms with van der Waals surface area (Å²) in [5, 5.41) is 3.07. The number of carbonyl (C=O) groups excluding carboxylic acids is 1. The molecule has 1 amide bonds. The molecule has 3 aromatic rings. The van der Waals surface area contributed by atoms with Crippen molar-refractivity contribution in [2.24, 2.45) is 0 Å².